The van der Waals surface area contributed by atoms with Crippen LogP contribution in [0.15, 0.2) is 18.2 Å². The lowest BCUT2D eigenvalue weighted by molar-refractivity contribution is -0.136. The highest BCUT2D eigenvalue weighted by atomic mass is 19.1. The van der Waals surface area contributed by atoms with Gasteiger partial charge >= 0.3 is 11.8 Å². The van der Waals surface area contributed by atoms with E-state index in [1.165, 1.54) is 12.1 Å². The number of rotatable bonds is 5. The van der Waals surface area contributed by atoms with E-state index in [1.807, 2.05) is 6.92 Å². The van der Waals surface area contributed by atoms with Crippen molar-refractivity contribution in [3.63, 3.8) is 0 Å². The van der Waals surface area contributed by atoms with Crippen LogP contribution in [0.1, 0.15) is 25.3 Å². The number of aliphatic hydroxyl groups excluding tert-OH is 1. The normalized spacial score (nSPS) is 11.8. The van der Waals surface area contributed by atoms with Crippen LogP contribution in [0.5, 0.6) is 0 Å². The minimum atomic E-state index is -0.925. The molecule has 6 heteroatoms. The Bertz CT molecular complexity index is 491. The van der Waals surface area contributed by atoms with Crippen LogP contribution in [0.2, 0.25) is 0 Å². The Kier molecular flexibility index (Phi) is 6.11. The number of aryl methyl sites for hydroxylation is 1. The number of carbonyl (C=O) groups excluding carboxylic acids is 2. The predicted octanol–water partition coefficient (Wildman–Crippen LogP) is 1.35. The van der Waals surface area contributed by atoms with Gasteiger partial charge in [-0.3, -0.25) is 9.59 Å². The van der Waals surface area contributed by atoms with Gasteiger partial charge in [0.15, 0.2) is 0 Å². The highest BCUT2D eigenvalue weighted by Crippen LogP contribution is 2.15. The number of amides is 2. The summed E-state index contributed by atoms with van der Waals surface area (Å²) in [6.45, 7) is 3.51. The molecule has 1 rings (SSSR count). The van der Waals surface area contributed by atoms with Crippen LogP contribution < -0.4 is 10.6 Å². The van der Waals surface area contributed by atoms with Crippen molar-refractivity contribution < 1.29 is 19.1 Å². The van der Waals surface area contributed by atoms with Crippen LogP contribution in [-0.2, 0) is 9.59 Å². The van der Waals surface area contributed by atoms with Crippen molar-refractivity contribution in [2.75, 3.05) is 11.9 Å². The molecule has 0 saturated heterocycles. The molecule has 0 aromatic heterocycles. The quantitative estimate of drug-likeness (QED) is 0.713. The molecule has 110 valence electrons. The van der Waals surface area contributed by atoms with Crippen LogP contribution >= 0.6 is 0 Å². The zero-order valence-electron chi connectivity index (χ0n) is 11.6. The number of carbonyl (C=O) groups is 2. The summed E-state index contributed by atoms with van der Waals surface area (Å²) >= 11 is 0. The van der Waals surface area contributed by atoms with Crippen molar-refractivity contribution in [2.24, 2.45) is 0 Å². The summed E-state index contributed by atoms with van der Waals surface area (Å²) < 4.78 is 13.5. The molecule has 0 heterocycles. The first-order chi connectivity index (χ1) is 9.47. The molecule has 3 N–H and O–H groups in total. The SMILES string of the molecule is CCC(CCO)NC(=O)C(=O)Nc1cc(C)ccc1F. The molecule has 1 aromatic carbocycles. The van der Waals surface area contributed by atoms with Crippen LogP contribution in [0.25, 0.3) is 0 Å². The average Bonchev–Trinajstić information content (AvgIpc) is 2.42. The van der Waals surface area contributed by atoms with Gasteiger partial charge in [0.25, 0.3) is 0 Å². The average molecular weight is 282 g/mol. The van der Waals surface area contributed by atoms with Crippen LogP contribution in [0.4, 0.5) is 10.1 Å². The Labute approximate surface area is 117 Å². The lowest BCUT2D eigenvalue weighted by Crippen LogP contribution is -2.42. The molecule has 0 spiro atoms. The van der Waals surface area contributed by atoms with Gasteiger partial charge in [-0.2, -0.15) is 0 Å². The lowest BCUT2D eigenvalue weighted by atomic mass is 10.1. The molecule has 1 unspecified atom stereocenters. The fourth-order valence-electron chi connectivity index (χ4n) is 1.70. The van der Waals surface area contributed by atoms with Crippen molar-refractivity contribution in [1.29, 1.82) is 0 Å². The van der Waals surface area contributed by atoms with Crippen molar-refractivity contribution in [1.82, 2.24) is 5.32 Å². The number of benzene rings is 1. The van der Waals surface area contributed by atoms with Crippen molar-refractivity contribution in [3.05, 3.63) is 29.6 Å². The smallest absolute Gasteiger partial charge is 0.313 e. The summed E-state index contributed by atoms with van der Waals surface area (Å²) in [7, 11) is 0. The van der Waals surface area contributed by atoms with Gasteiger partial charge in [0.2, 0.25) is 0 Å². The maximum atomic E-state index is 13.5. The molecule has 0 fully saturated rings. The molecular formula is C14H19FN2O3. The van der Waals surface area contributed by atoms with Crippen molar-refractivity contribution in [3.8, 4) is 0 Å². The van der Waals surface area contributed by atoms with E-state index >= 15 is 0 Å². The van der Waals surface area contributed by atoms with Gasteiger partial charge in [-0.1, -0.05) is 13.0 Å². The van der Waals surface area contributed by atoms with E-state index in [1.54, 1.807) is 13.0 Å². The summed E-state index contributed by atoms with van der Waals surface area (Å²) in [5.74, 6) is -2.36. The molecule has 0 bridgehead atoms. The molecule has 20 heavy (non-hydrogen) atoms. The second-order valence-corrected chi connectivity index (χ2v) is 4.53. The zero-order chi connectivity index (χ0) is 15.1. The van der Waals surface area contributed by atoms with E-state index in [-0.39, 0.29) is 18.3 Å². The Morgan fingerprint density at radius 3 is 2.65 bits per heavy atom. The van der Waals surface area contributed by atoms with E-state index in [2.05, 4.69) is 10.6 Å². The summed E-state index contributed by atoms with van der Waals surface area (Å²) in [6.07, 6.45) is 0.965. The largest absolute Gasteiger partial charge is 0.396 e. The highest BCUT2D eigenvalue weighted by molar-refractivity contribution is 6.39. The van der Waals surface area contributed by atoms with E-state index in [4.69, 9.17) is 5.11 Å². The molecule has 1 atom stereocenters. The third-order valence-corrected chi connectivity index (χ3v) is 2.88. The Morgan fingerprint density at radius 2 is 2.05 bits per heavy atom. The number of halogens is 1. The molecule has 0 aliphatic carbocycles. The molecule has 1 aromatic rings. The molecular weight excluding hydrogens is 263 g/mol. The lowest BCUT2D eigenvalue weighted by Gasteiger charge is -2.15. The van der Waals surface area contributed by atoms with Gasteiger partial charge < -0.3 is 15.7 Å². The number of hydrogen-bond donors (Lipinski definition) is 3. The summed E-state index contributed by atoms with van der Waals surface area (Å²) in [6, 6.07) is 3.97. The Balaban J connectivity index is 2.66. The van der Waals surface area contributed by atoms with Gasteiger partial charge in [0.1, 0.15) is 5.82 Å². The molecule has 5 nitrogen and oxygen atoms in total. The summed E-state index contributed by atoms with van der Waals surface area (Å²) in [4.78, 5) is 23.3. The monoisotopic (exact) mass is 282 g/mol. The van der Waals surface area contributed by atoms with Crippen LogP contribution in [-0.4, -0.2) is 29.6 Å². The van der Waals surface area contributed by atoms with Gasteiger partial charge in [-0.25, -0.2) is 4.39 Å². The third-order valence-electron chi connectivity index (χ3n) is 2.88. The van der Waals surface area contributed by atoms with E-state index < -0.39 is 17.6 Å². The van der Waals surface area contributed by atoms with Crippen LogP contribution in [0.3, 0.4) is 0 Å². The second-order valence-electron chi connectivity index (χ2n) is 4.53. The van der Waals surface area contributed by atoms with Gasteiger partial charge in [-0.15, -0.1) is 0 Å². The van der Waals surface area contributed by atoms with E-state index in [9.17, 15) is 14.0 Å². The first-order valence-corrected chi connectivity index (χ1v) is 6.46. The molecule has 0 radical (unpaired) electrons. The third kappa shape index (κ3) is 4.62. The predicted molar refractivity (Wildman–Crippen MR) is 73.7 cm³/mol. The topological polar surface area (TPSA) is 78.4 Å². The number of anilines is 1. The molecule has 2 amide bonds. The number of aliphatic hydroxyl groups is 1. The van der Waals surface area contributed by atoms with Crippen molar-refractivity contribution in [2.45, 2.75) is 32.7 Å². The van der Waals surface area contributed by atoms with Gasteiger partial charge in [0, 0.05) is 12.6 Å². The molecule has 0 saturated carbocycles. The van der Waals surface area contributed by atoms with Gasteiger partial charge in [-0.05, 0) is 37.5 Å². The summed E-state index contributed by atoms with van der Waals surface area (Å²) in [5, 5.41) is 13.5. The minimum Gasteiger partial charge on any atom is -0.396 e. The minimum absolute atomic E-state index is 0.0274. The highest BCUT2D eigenvalue weighted by Gasteiger charge is 2.18. The Morgan fingerprint density at radius 1 is 1.35 bits per heavy atom. The fourth-order valence-corrected chi connectivity index (χ4v) is 1.70. The first-order valence-electron chi connectivity index (χ1n) is 6.46. The Hall–Kier alpha value is -1.95. The van der Waals surface area contributed by atoms with E-state index in [0.717, 1.165) is 5.56 Å². The van der Waals surface area contributed by atoms with E-state index in [0.29, 0.717) is 12.8 Å². The maximum Gasteiger partial charge on any atom is 0.313 e. The van der Waals surface area contributed by atoms with Crippen LogP contribution in [0, 0.1) is 12.7 Å². The summed E-state index contributed by atoms with van der Waals surface area (Å²) in [5.41, 5.74) is 0.745. The maximum absolute atomic E-state index is 13.5. The number of hydrogen-bond acceptors (Lipinski definition) is 3. The first kappa shape index (κ1) is 16.1. The van der Waals surface area contributed by atoms with Crippen molar-refractivity contribution >= 4 is 17.5 Å². The molecule has 0 aliphatic heterocycles. The molecule has 0 aliphatic rings. The fraction of sp³-hybridized carbons (Fsp3) is 0.429. The zero-order valence-corrected chi connectivity index (χ0v) is 11.6. The second kappa shape index (κ2) is 7.59. The van der Waals surface area contributed by atoms with Gasteiger partial charge in [0.05, 0.1) is 5.69 Å². The standard InChI is InChI=1S/C14H19FN2O3/c1-3-10(6-7-18)16-13(19)14(20)17-12-8-9(2)4-5-11(12)15/h4-5,8,10,18H,3,6-7H2,1-2H3,(H,16,19)(H,17,20). The number of nitrogens with one attached hydrogen (secondary N) is 2.